The number of aliphatic imine (C=N–C) groups is 2. The molecule has 0 saturated heterocycles. The van der Waals surface area contributed by atoms with E-state index in [9.17, 15) is 0 Å². The van der Waals surface area contributed by atoms with E-state index in [4.69, 9.17) is 4.99 Å². The molecule has 5 aromatic rings. The molecule has 0 aromatic heterocycles. The Labute approximate surface area is 386 Å². The van der Waals surface area contributed by atoms with Crippen molar-refractivity contribution in [1.82, 2.24) is 0 Å². The zero-order valence-electron chi connectivity index (χ0n) is 37.3. The highest BCUT2D eigenvalue weighted by Crippen LogP contribution is 2.38. The lowest BCUT2D eigenvalue weighted by atomic mass is 9.76. The Morgan fingerprint density at radius 1 is 0.797 bits per heavy atom. The van der Waals surface area contributed by atoms with Crippen molar-refractivity contribution >= 4 is 59.0 Å². The van der Waals surface area contributed by atoms with Gasteiger partial charge in [0.25, 0.3) is 0 Å². The Morgan fingerprint density at radius 3 is 2.30 bits per heavy atom. The largest absolute Gasteiger partial charge is 0.337 e. The van der Waals surface area contributed by atoms with Gasteiger partial charge in [-0.15, -0.1) is 24.6 Å². The molecule has 0 unspecified atom stereocenters. The monoisotopic (exact) mass is 851 g/mol. The lowest BCUT2D eigenvalue weighted by molar-refractivity contribution is 0.619. The predicted octanol–water partition coefficient (Wildman–Crippen LogP) is 15.3. The van der Waals surface area contributed by atoms with E-state index >= 15 is 0 Å². The number of thioether (sulfide) groups is 1. The molecule has 64 heavy (non-hydrogen) atoms. The van der Waals surface area contributed by atoms with Gasteiger partial charge in [-0.2, -0.15) is 0 Å². The van der Waals surface area contributed by atoms with Crippen LogP contribution >= 0.6 is 11.8 Å². The van der Waals surface area contributed by atoms with Crippen LogP contribution in [0, 0.1) is 12.8 Å². The van der Waals surface area contributed by atoms with Gasteiger partial charge in [-0.1, -0.05) is 172 Å². The summed E-state index contributed by atoms with van der Waals surface area (Å²) in [5.41, 5.74) is 15.0. The number of hydrogen-bond donors (Lipinski definition) is 0. The molecule has 0 amide bonds. The van der Waals surface area contributed by atoms with Crippen molar-refractivity contribution in [2.45, 2.75) is 44.0 Å². The summed E-state index contributed by atoms with van der Waals surface area (Å²) in [4.78, 5) is 12.5. The quantitative estimate of drug-likeness (QED) is 0.0606. The van der Waals surface area contributed by atoms with Crippen LogP contribution in [0.25, 0.3) is 22.9 Å². The van der Waals surface area contributed by atoms with Crippen LogP contribution in [0.2, 0.25) is 0 Å². The predicted molar refractivity (Wildman–Crippen MR) is 283 cm³/mol. The molecular weight excluding hydrogens is 795 g/mol. The van der Waals surface area contributed by atoms with Crippen LogP contribution in [0.3, 0.4) is 0 Å². The minimum Gasteiger partial charge on any atom is -0.337 e. The summed E-state index contributed by atoms with van der Waals surface area (Å²) in [5.74, 6) is 0.870. The third kappa shape index (κ3) is 12.0. The highest BCUT2D eigenvalue weighted by Gasteiger charge is 2.26. The van der Waals surface area contributed by atoms with Gasteiger partial charge in [0.05, 0.1) is 12.2 Å². The molecule has 3 nitrogen and oxygen atoms in total. The number of rotatable bonds is 10. The fraction of sp³-hybridized carbons (Fsp3) is 0.133. The number of allylic oxidation sites excluding steroid dienone is 13. The van der Waals surface area contributed by atoms with E-state index in [1.807, 2.05) is 90.8 Å². The van der Waals surface area contributed by atoms with E-state index in [1.54, 1.807) is 0 Å². The van der Waals surface area contributed by atoms with Crippen molar-refractivity contribution < 1.29 is 0 Å². The maximum Gasteiger partial charge on any atom is 0.0694 e. The third-order valence-corrected chi connectivity index (χ3v) is 12.5. The van der Waals surface area contributed by atoms with E-state index in [2.05, 4.69) is 184 Å². The number of hydrogen-bond acceptors (Lipinski definition) is 4. The van der Waals surface area contributed by atoms with E-state index < -0.39 is 0 Å². The second-order valence-electron chi connectivity index (χ2n) is 15.9. The Kier molecular flexibility index (Phi) is 16.9. The van der Waals surface area contributed by atoms with E-state index in [1.165, 1.54) is 44.1 Å². The maximum absolute atomic E-state index is 4.70. The average Bonchev–Trinajstić information content (AvgIpc) is 3.41. The number of anilines is 2. The van der Waals surface area contributed by atoms with Gasteiger partial charge in [-0.05, 0) is 119 Å². The van der Waals surface area contributed by atoms with Crippen LogP contribution in [-0.2, 0) is 18.4 Å². The van der Waals surface area contributed by atoms with E-state index in [0.717, 1.165) is 52.3 Å². The van der Waals surface area contributed by atoms with Crippen LogP contribution < -0.4 is 4.90 Å². The molecule has 7 rings (SSSR count). The van der Waals surface area contributed by atoms with Crippen LogP contribution in [0.15, 0.2) is 221 Å². The molecular formula is C60H57N3S. The zero-order chi connectivity index (χ0) is 45.2. The van der Waals surface area contributed by atoms with Gasteiger partial charge < -0.3 is 4.90 Å². The van der Waals surface area contributed by atoms with Crippen LogP contribution in [0.4, 0.5) is 11.4 Å². The number of para-hydroxylation sites is 1. The third-order valence-electron chi connectivity index (χ3n) is 11.5. The van der Waals surface area contributed by atoms with Gasteiger partial charge >= 0.3 is 0 Å². The van der Waals surface area contributed by atoms with Gasteiger partial charge in [0.2, 0.25) is 0 Å². The minimum absolute atomic E-state index is 0.109. The molecule has 0 bridgehead atoms. The summed E-state index contributed by atoms with van der Waals surface area (Å²) in [5, 5.41) is 0. The molecule has 0 spiro atoms. The summed E-state index contributed by atoms with van der Waals surface area (Å²) in [6.07, 6.45) is 38.3. The smallest absolute Gasteiger partial charge is 0.0694 e. The lowest BCUT2D eigenvalue weighted by Gasteiger charge is -2.31. The number of benzene rings is 5. The first-order valence-electron chi connectivity index (χ1n) is 21.6. The summed E-state index contributed by atoms with van der Waals surface area (Å²) >= 11 is 1.84. The Morgan fingerprint density at radius 2 is 1.52 bits per heavy atom. The normalized spacial score (nSPS) is 18.0. The SMILES string of the molecule is C#C.C=N\C(=C/C=C\C=C/C=C/C=NCc1ccc2c(c1)C(=C)/C=C(c1ccc3c(c1)C/C=C/c1ccccc1C(C)(C)/C(C)=C/CN3c1ccccc1)\C=C/CS2)c1ccccc1. The fourth-order valence-corrected chi connectivity index (χ4v) is 8.62. The second kappa shape index (κ2) is 23.3. The topological polar surface area (TPSA) is 28.0 Å². The first kappa shape index (κ1) is 46.3. The van der Waals surface area contributed by atoms with Crippen molar-refractivity contribution in [2.75, 3.05) is 17.2 Å². The van der Waals surface area contributed by atoms with E-state index in [0.29, 0.717) is 6.54 Å². The molecule has 2 aliphatic heterocycles. The number of terminal acetylenes is 1. The highest BCUT2D eigenvalue weighted by molar-refractivity contribution is 7.99. The summed E-state index contributed by atoms with van der Waals surface area (Å²) in [7, 11) is 0. The maximum atomic E-state index is 4.70. The summed E-state index contributed by atoms with van der Waals surface area (Å²) in [6, 6.07) is 43.2. The second-order valence-corrected chi connectivity index (χ2v) is 16.9. The van der Waals surface area contributed by atoms with Gasteiger partial charge in [0.15, 0.2) is 0 Å². The number of fused-ring (bicyclic) bond motifs is 3. The zero-order valence-corrected chi connectivity index (χ0v) is 38.1. The van der Waals surface area contributed by atoms with Crippen molar-refractivity contribution in [1.29, 1.82) is 0 Å². The van der Waals surface area contributed by atoms with E-state index in [-0.39, 0.29) is 5.41 Å². The molecule has 5 aromatic carbocycles. The van der Waals surface area contributed by atoms with Crippen molar-refractivity contribution in [3.63, 3.8) is 0 Å². The number of nitrogens with zero attached hydrogens (tertiary/aromatic N) is 3. The Bertz CT molecular complexity index is 2710. The molecule has 2 heterocycles. The van der Waals surface area contributed by atoms with Gasteiger partial charge in [0.1, 0.15) is 0 Å². The molecule has 0 N–H and O–H groups in total. The average molecular weight is 852 g/mol. The first-order valence-corrected chi connectivity index (χ1v) is 22.6. The molecule has 0 radical (unpaired) electrons. The molecule has 2 aliphatic rings. The minimum atomic E-state index is -0.109. The first-order chi connectivity index (χ1) is 31.3. The summed E-state index contributed by atoms with van der Waals surface area (Å²) < 4.78 is 0. The molecule has 0 saturated carbocycles. The van der Waals surface area contributed by atoms with Gasteiger partial charge in [-0.3, -0.25) is 9.98 Å². The Hall–Kier alpha value is -7.19. The fourth-order valence-electron chi connectivity index (χ4n) is 7.74. The lowest BCUT2D eigenvalue weighted by Crippen LogP contribution is -2.24. The standard InChI is InChI=1S/C58H55N3S.C2H2/c1-44-40-49(27-21-39-62-57-35-32-46(41-53(44)57)43-60-37-19-9-7-6-8-16-31-55(59-5)48-23-12-10-13-24-48)50-33-34-56-51(42-50)26-20-25-47-22-17-18-30-54(47)58(3,4)45(2)36-38-61(56)52-28-14-11-15-29-52;1-2/h6-25,27-37,40-42H,1,5,26,38-39,43H2,2-4H3;1-2H/b7-6-,16-8-,19-9+,25-20+,27-21-,45-36+,49-40+,55-31-,60-37?;. The molecule has 0 fully saturated rings. The van der Waals surface area contributed by atoms with Crippen molar-refractivity contribution in [3.05, 3.63) is 245 Å². The van der Waals surface area contributed by atoms with Crippen molar-refractivity contribution in [3.8, 4) is 12.8 Å². The van der Waals surface area contributed by atoms with Crippen molar-refractivity contribution in [2.24, 2.45) is 9.98 Å². The van der Waals surface area contributed by atoms with Crippen LogP contribution in [-0.4, -0.2) is 25.2 Å². The molecule has 0 atom stereocenters. The Balaban J connectivity index is 0.00000335. The van der Waals surface area contributed by atoms with Crippen LogP contribution in [0.1, 0.15) is 59.7 Å². The molecule has 4 heteroatoms. The summed E-state index contributed by atoms with van der Waals surface area (Å²) in [6.45, 7) is 16.6. The molecule has 318 valence electrons. The molecule has 0 aliphatic carbocycles. The van der Waals surface area contributed by atoms with Crippen LogP contribution in [0.5, 0.6) is 0 Å². The van der Waals surface area contributed by atoms with Gasteiger partial charge in [0, 0.05) is 45.8 Å². The highest BCUT2D eigenvalue weighted by atomic mass is 32.2. The van der Waals surface area contributed by atoms with Gasteiger partial charge in [-0.25, -0.2) is 0 Å².